The number of hydrogen-bond donors (Lipinski definition) is 2. The number of aromatic nitrogens is 1. The van der Waals surface area contributed by atoms with Crippen molar-refractivity contribution in [1.82, 2.24) is 10.3 Å². The molecule has 1 aromatic rings. The van der Waals surface area contributed by atoms with E-state index >= 15 is 0 Å². The molecule has 0 aromatic carbocycles. The second kappa shape index (κ2) is 6.38. The number of nitrogens with one attached hydrogen (secondary N) is 1. The van der Waals surface area contributed by atoms with Crippen LogP contribution in [0.4, 0.5) is 10.6 Å². The van der Waals surface area contributed by atoms with Crippen molar-refractivity contribution in [3.05, 3.63) is 23.9 Å². The van der Waals surface area contributed by atoms with E-state index in [1.807, 2.05) is 6.20 Å². The molecule has 5 nitrogen and oxygen atoms in total. The zero-order valence-electron chi connectivity index (χ0n) is 14.1. The number of piperidine rings is 1. The molecule has 1 aliphatic heterocycles. The van der Waals surface area contributed by atoms with Crippen molar-refractivity contribution in [3.63, 3.8) is 0 Å². The maximum atomic E-state index is 10.7. The minimum atomic E-state index is -0.895. The number of carbonyl (C=O) groups is 1. The normalized spacial score (nSPS) is 20.6. The van der Waals surface area contributed by atoms with Gasteiger partial charge in [-0.1, -0.05) is 19.9 Å². The molecule has 3 rings (SSSR count). The molecule has 1 saturated carbocycles. The smallest absolute Gasteiger partial charge is 0.404 e. The van der Waals surface area contributed by atoms with Gasteiger partial charge in [-0.15, -0.1) is 0 Å². The first kappa shape index (κ1) is 16.1. The highest BCUT2D eigenvalue weighted by atomic mass is 16.4. The molecule has 1 aromatic heterocycles. The van der Waals surface area contributed by atoms with E-state index in [2.05, 4.69) is 41.2 Å². The lowest BCUT2D eigenvalue weighted by Gasteiger charge is -2.52. The number of pyridine rings is 1. The van der Waals surface area contributed by atoms with Crippen LogP contribution in [-0.2, 0) is 6.42 Å². The molecule has 2 N–H and O–H groups in total. The average molecular weight is 317 g/mol. The summed E-state index contributed by atoms with van der Waals surface area (Å²) in [7, 11) is 0. The van der Waals surface area contributed by atoms with Gasteiger partial charge in [0.1, 0.15) is 5.82 Å². The first-order valence-corrected chi connectivity index (χ1v) is 8.65. The van der Waals surface area contributed by atoms with Crippen molar-refractivity contribution in [2.24, 2.45) is 11.3 Å². The number of nitrogens with zero attached hydrogens (tertiary/aromatic N) is 2. The van der Waals surface area contributed by atoms with Crippen molar-refractivity contribution >= 4 is 11.9 Å². The summed E-state index contributed by atoms with van der Waals surface area (Å²) in [6.45, 7) is 6.50. The van der Waals surface area contributed by atoms with Gasteiger partial charge in [0.25, 0.3) is 0 Å². The Bertz CT molecular complexity index is 540. The quantitative estimate of drug-likeness (QED) is 0.894. The van der Waals surface area contributed by atoms with E-state index in [1.54, 1.807) is 0 Å². The predicted octanol–water partition coefficient (Wildman–Crippen LogP) is 3.30. The number of rotatable bonds is 4. The highest BCUT2D eigenvalue weighted by Gasteiger charge is 2.46. The van der Waals surface area contributed by atoms with Gasteiger partial charge in [0.15, 0.2) is 0 Å². The monoisotopic (exact) mass is 317 g/mol. The number of anilines is 1. The van der Waals surface area contributed by atoms with Gasteiger partial charge in [0, 0.05) is 25.3 Å². The lowest BCUT2D eigenvalue weighted by atomic mass is 9.60. The molecule has 2 fully saturated rings. The summed E-state index contributed by atoms with van der Waals surface area (Å²) < 4.78 is 0. The molecule has 0 unspecified atom stereocenters. The lowest BCUT2D eigenvalue weighted by molar-refractivity contribution is 0.0529. The van der Waals surface area contributed by atoms with E-state index in [0.717, 1.165) is 51.0 Å². The maximum Gasteiger partial charge on any atom is 0.404 e. The third-order valence-corrected chi connectivity index (χ3v) is 5.29. The average Bonchev–Trinajstić information content (AvgIpc) is 2.46. The number of amides is 1. The Morgan fingerprint density at radius 3 is 2.61 bits per heavy atom. The molecule has 2 heterocycles. The molecule has 1 aliphatic carbocycles. The number of hydrogen-bond acceptors (Lipinski definition) is 3. The summed E-state index contributed by atoms with van der Waals surface area (Å²) in [6, 6.07) is 4.50. The first-order valence-electron chi connectivity index (χ1n) is 8.65. The van der Waals surface area contributed by atoms with Crippen molar-refractivity contribution in [2.75, 3.05) is 18.0 Å². The fourth-order valence-corrected chi connectivity index (χ4v) is 4.08. The van der Waals surface area contributed by atoms with E-state index in [-0.39, 0.29) is 6.04 Å². The molecule has 23 heavy (non-hydrogen) atoms. The maximum absolute atomic E-state index is 10.7. The number of carboxylic acid groups (broad SMARTS) is 1. The van der Waals surface area contributed by atoms with Crippen molar-refractivity contribution in [3.8, 4) is 0 Å². The van der Waals surface area contributed by atoms with Crippen LogP contribution < -0.4 is 10.2 Å². The molecule has 0 bridgehead atoms. The molecule has 1 spiro atoms. The Kier molecular flexibility index (Phi) is 4.46. The van der Waals surface area contributed by atoms with Crippen LogP contribution in [0.1, 0.15) is 45.1 Å². The van der Waals surface area contributed by atoms with Crippen molar-refractivity contribution < 1.29 is 9.90 Å². The molecule has 1 saturated heterocycles. The van der Waals surface area contributed by atoms with Crippen LogP contribution in [0.25, 0.3) is 0 Å². The highest BCUT2D eigenvalue weighted by molar-refractivity contribution is 5.65. The topological polar surface area (TPSA) is 65.5 Å². The van der Waals surface area contributed by atoms with Crippen LogP contribution in [0.15, 0.2) is 18.3 Å². The molecule has 5 heteroatoms. The minimum Gasteiger partial charge on any atom is -0.465 e. The van der Waals surface area contributed by atoms with Crippen LogP contribution in [0.3, 0.4) is 0 Å². The summed E-state index contributed by atoms with van der Waals surface area (Å²) in [5, 5.41) is 11.4. The van der Waals surface area contributed by atoms with Gasteiger partial charge in [0.2, 0.25) is 0 Å². The van der Waals surface area contributed by atoms with Gasteiger partial charge >= 0.3 is 6.09 Å². The Balaban J connectivity index is 1.50. The lowest BCUT2D eigenvalue weighted by Crippen LogP contribution is -2.54. The third kappa shape index (κ3) is 3.77. The molecule has 0 atom stereocenters. The van der Waals surface area contributed by atoms with Crippen LogP contribution in [0.5, 0.6) is 0 Å². The fourth-order valence-electron chi connectivity index (χ4n) is 4.08. The van der Waals surface area contributed by atoms with Crippen molar-refractivity contribution in [1.29, 1.82) is 0 Å². The van der Waals surface area contributed by atoms with E-state index < -0.39 is 6.09 Å². The van der Waals surface area contributed by atoms with Crippen molar-refractivity contribution in [2.45, 2.75) is 52.0 Å². The van der Waals surface area contributed by atoms with Crippen LogP contribution in [0.2, 0.25) is 0 Å². The Labute approximate surface area is 138 Å². The van der Waals surface area contributed by atoms with Gasteiger partial charge in [-0.2, -0.15) is 0 Å². The summed E-state index contributed by atoms with van der Waals surface area (Å²) >= 11 is 0. The van der Waals surface area contributed by atoms with Gasteiger partial charge in [0.05, 0.1) is 0 Å². The summed E-state index contributed by atoms with van der Waals surface area (Å²) in [5.41, 5.74) is 1.67. The Morgan fingerprint density at radius 1 is 1.39 bits per heavy atom. The van der Waals surface area contributed by atoms with E-state index in [4.69, 9.17) is 5.11 Å². The van der Waals surface area contributed by atoms with Gasteiger partial charge in [-0.3, -0.25) is 0 Å². The van der Waals surface area contributed by atoms with Crippen LogP contribution in [-0.4, -0.2) is 35.3 Å². The molecule has 126 valence electrons. The Hall–Kier alpha value is -1.78. The molecule has 0 radical (unpaired) electrons. The van der Waals surface area contributed by atoms with Crippen LogP contribution in [0, 0.1) is 11.3 Å². The van der Waals surface area contributed by atoms with E-state index in [0.29, 0.717) is 11.3 Å². The van der Waals surface area contributed by atoms with E-state index in [9.17, 15) is 4.79 Å². The zero-order valence-corrected chi connectivity index (χ0v) is 14.1. The standard InChI is InChI=1S/C18H27N3O2/c1-13(2)9-14-3-4-16(19-12-14)21-7-5-18(6-8-21)10-15(11-18)20-17(22)23/h3-4,12-13,15,20H,5-11H2,1-2H3,(H,22,23). The van der Waals surface area contributed by atoms with E-state index in [1.165, 1.54) is 5.56 Å². The highest BCUT2D eigenvalue weighted by Crippen LogP contribution is 2.49. The molecule has 2 aliphatic rings. The SMILES string of the molecule is CC(C)Cc1ccc(N2CCC3(CC2)CC(NC(=O)O)C3)nc1. The predicted molar refractivity (Wildman–Crippen MR) is 90.8 cm³/mol. The molecular weight excluding hydrogens is 290 g/mol. The molecule has 1 amide bonds. The fraction of sp³-hybridized carbons (Fsp3) is 0.667. The summed E-state index contributed by atoms with van der Waals surface area (Å²) in [5.74, 6) is 1.73. The Morgan fingerprint density at radius 2 is 2.09 bits per heavy atom. The first-order chi connectivity index (χ1) is 11.0. The minimum absolute atomic E-state index is 0.160. The third-order valence-electron chi connectivity index (χ3n) is 5.29. The van der Waals surface area contributed by atoms with Gasteiger partial charge in [-0.05, 0) is 55.1 Å². The second-order valence-corrected chi connectivity index (χ2v) is 7.66. The molecular formula is C18H27N3O2. The second-order valence-electron chi connectivity index (χ2n) is 7.66. The summed E-state index contributed by atoms with van der Waals surface area (Å²) in [4.78, 5) is 17.7. The van der Waals surface area contributed by atoms with Crippen LogP contribution >= 0.6 is 0 Å². The van der Waals surface area contributed by atoms with Gasteiger partial charge < -0.3 is 15.3 Å². The van der Waals surface area contributed by atoms with Gasteiger partial charge in [-0.25, -0.2) is 9.78 Å². The zero-order chi connectivity index (χ0) is 16.4. The summed E-state index contributed by atoms with van der Waals surface area (Å²) in [6.07, 6.45) is 6.46. The largest absolute Gasteiger partial charge is 0.465 e.